The normalized spacial score (nSPS) is 19.0. The van der Waals surface area contributed by atoms with E-state index in [1.807, 2.05) is 10.6 Å². The zero-order chi connectivity index (χ0) is 19.6. The molecule has 144 valence electrons. The second-order valence-electron chi connectivity index (χ2n) is 7.66. The van der Waals surface area contributed by atoms with Crippen molar-refractivity contribution in [3.63, 3.8) is 0 Å². The Balaban J connectivity index is 1.75. The van der Waals surface area contributed by atoms with Crippen LogP contribution in [-0.2, 0) is 6.42 Å². The summed E-state index contributed by atoms with van der Waals surface area (Å²) in [6.45, 7) is 1.35. The summed E-state index contributed by atoms with van der Waals surface area (Å²) in [7, 11) is 0. The first kappa shape index (κ1) is 17.7. The molecule has 0 spiro atoms. The molecule has 0 bridgehead atoms. The van der Waals surface area contributed by atoms with Crippen LogP contribution in [0, 0.1) is 5.82 Å². The number of carbonyl (C=O) groups excluding carboxylic acids is 1. The standard InChI is InChI=1S/C21H19FN2O3S/c1-10(25)14-9-24(12-5-6-12)21-13(19(14)27)8-15(22)18(23-21)17-7-11-3-2-4-16(26)20(11)28-17/h7-9,12,16,26H,2-6H2,1H3. The van der Waals surface area contributed by atoms with Gasteiger partial charge in [0.15, 0.2) is 11.6 Å². The maximum absolute atomic E-state index is 15.0. The van der Waals surface area contributed by atoms with E-state index in [-0.39, 0.29) is 28.5 Å². The van der Waals surface area contributed by atoms with E-state index in [4.69, 9.17) is 0 Å². The van der Waals surface area contributed by atoms with Gasteiger partial charge in [0.1, 0.15) is 11.3 Å². The van der Waals surface area contributed by atoms with Gasteiger partial charge >= 0.3 is 0 Å². The van der Waals surface area contributed by atoms with Gasteiger partial charge in [-0.1, -0.05) is 0 Å². The number of rotatable bonds is 3. The molecule has 0 saturated heterocycles. The maximum atomic E-state index is 15.0. The smallest absolute Gasteiger partial charge is 0.201 e. The summed E-state index contributed by atoms with van der Waals surface area (Å²) in [5.41, 5.74) is 1.26. The van der Waals surface area contributed by atoms with E-state index in [1.165, 1.54) is 24.3 Å². The molecule has 5 rings (SSSR count). The number of fused-ring (bicyclic) bond motifs is 2. The van der Waals surface area contributed by atoms with Crippen LogP contribution in [0.3, 0.4) is 0 Å². The number of halogens is 1. The van der Waals surface area contributed by atoms with Crippen LogP contribution in [0.25, 0.3) is 21.6 Å². The molecule has 2 aliphatic rings. The molecule has 0 aromatic carbocycles. The van der Waals surface area contributed by atoms with Gasteiger partial charge in [-0.3, -0.25) is 9.59 Å². The SMILES string of the molecule is CC(=O)c1cn(C2CC2)c2nc(-c3cc4c(s3)C(O)CCC4)c(F)cc2c1=O. The number of ketones is 1. The van der Waals surface area contributed by atoms with E-state index in [2.05, 4.69) is 4.98 Å². The summed E-state index contributed by atoms with van der Waals surface area (Å²) < 4.78 is 16.8. The molecule has 1 N–H and O–H groups in total. The largest absolute Gasteiger partial charge is 0.388 e. The third kappa shape index (κ3) is 2.72. The minimum absolute atomic E-state index is 0.0723. The second-order valence-corrected chi connectivity index (χ2v) is 8.75. The first-order chi connectivity index (χ1) is 13.4. The summed E-state index contributed by atoms with van der Waals surface area (Å²) >= 11 is 1.37. The molecule has 1 unspecified atom stereocenters. The lowest BCUT2D eigenvalue weighted by Crippen LogP contribution is -2.18. The Morgan fingerprint density at radius 2 is 2.11 bits per heavy atom. The van der Waals surface area contributed by atoms with Crippen LogP contribution in [0.1, 0.15) is 65.6 Å². The monoisotopic (exact) mass is 398 g/mol. The van der Waals surface area contributed by atoms with Gasteiger partial charge in [-0.15, -0.1) is 11.3 Å². The average Bonchev–Trinajstić information content (AvgIpc) is 3.40. The number of Topliss-reactive ketones (excluding diaryl/α,β-unsaturated/α-hetero) is 1. The Morgan fingerprint density at radius 1 is 1.32 bits per heavy atom. The van der Waals surface area contributed by atoms with Crippen LogP contribution >= 0.6 is 11.3 Å². The van der Waals surface area contributed by atoms with Gasteiger partial charge in [-0.25, -0.2) is 9.37 Å². The maximum Gasteiger partial charge on any atom is 0.201 e. The number of carbonyl (C=O) groups is 1. The van der Waals surface area contributed by atoms with E-state index in [0.29, 0.717) is 10.5 Å². The lowest BCUT2D eigenvalue weighted by molar-refractivity contribution is 0.101. The first-order valence-corrected chi connectivity index (χ1v) is 10.3. The molecule has 0 aliphatic heterocycles. The molecule has 0 radical (unpaired) electrons. The van der Waals surface area contributed by atoms with Crippen LogP contribution < -0.4 is 5.43 Å². The van der Waals surface area contributed by atoms with Crippen molar-refractivity contribution < 1.29 is 14.3 Å². The van der Waals surface area contributed by atoms with Gasteiger partial charge in [-0.05, 0) is 56.7 Å². The Hall–Kier alpha value is -2.38. The fourth-order valence-electron chi connectivity index (χ4n) is 3.96. The Kier molecular flexibility index (Phi) is 4.00. The van der Waals surface area contributed by atoms with Gasteiger partial charge in [0.2, 0.25) is 5.43 Å². The zero-order valence-electron chi connectivity index (χ0n) is 15.4. The quantitative estimate of drug-likeness (QED) is 0.672. The minimum Gasteiger partial charge on any atom is -0.388 e. The van der Waals surface area contributed by atoms with Crippen molar-refractivity contribution in [1.29, 1.82) is 0 Å². The number of aliphatic hydroxyl groups excluding tert-OH is 1. The molecule has 28 heavy (non-hydrogen) atoms. The van der Waals surface area contributed by atoms with Gasteiger partial charge in [-0.2, -0.15) is 0 Å². The summed E-state index contributed by atoms with van der Waals surface area (Å²) in [4.78, 5) is 30.7. The van der Waals surface area contributed by atoms with Crippen molar-refractivity contribution in [2.45, 2.75) is 51.2 Å². The number of hydrogen-bond donors (Lipinski definition) is 1. The summed E-state index contributed by atoms with van der Waals surface area (Å²) in [6.07, 6.45) is 5.46. The van der Waals surface area contributed by atoms with Crippen molar-refractivity contribution in [1.82, 2.24) is 9.55 Å². The Morgan fingerprint density at radius 3 is 2.79 bits per heavy atom. The number of nitrogens with zero attached hydrogens (tertiary/aromatic N) is 2. The fourth-order valence-corrected chi connectivity index (χ4v) is 5.18. The number of pyridine rings is 2. The van der Waals surface area contributed by atoms with Crippen molar-refractivity contribution in [2.24, 2.45) is 0 Å². The highest BCUT2D eigenvalue weighted by Gasteiger charge is 2.28. The predicted molar refractivity (Wildman–Crippen MR) is 105 cm³/mol. The van der Waals surface area contributed by atoms with Gasteiger partial charge in [0.05, 0.1) is 21.9 Å². The molecule has 1 fully saturated rings. The minimum atomic E-state index is -0.583. The Bertz CT molecular complexity index is 1190. The molecule has 1 atom stereocenters. The molecule has 3 heterocycles. The average molecular weight is 398 g/mol. The van der Waals surface area contributed by atoms with Crippen molar-refractivity contribution in [2.75, 3.05) is 0 Å². The molecule has 1 saturated carbocycles. The van der Waals surface area contributed by atoms with E-state index in [0.717, 1.165) is 42.5 Å². The van der Waals surface area contributed by atoms with E-state index < -0.39 is 17.3 Å². The van der Waals surface area contributed by atoms with Gasteiger partial charge in [0.25, 0.3) is 0 Å². The molecule has 2 aliphatic carbocycles. The van der Waals surface area contributed by atoms with Crippen LogP contribution in [0.2, 0.25) is 0 Å². The molecule has 0 amide bonds. The lowest BCUT2D eigenvalue weighted by Gasteiger charge is -2.16. The highest BCUT2D eigenvalue weighted by Crippen LogP contribution is 2.41. The summed E-state index contributed by atoms with van der Waals surface area (Å²) in [5.74, 6) is -0.911. The van der Waals surface area contributed by atoms with Gasteiger partial charge < -0.3 is 9.67 Å². The summed E-state index contributed by atoms with van der Waals surface area (Å²) in [5, 5.41) is 10.4. The first-order valence-electron chi connectivity index (χ1n) is 9.51. The molecular formula is C21H19FN2O3S. The van der Waals surface area contributed by atoms with Crippen LogP contribution in [0.15, 0.2) is 23.1 Å². The van der Waals surface area contributed by atoms with Gasteiger partial charge in [0, 0.05) is 17.1 Å². The number of hydrogen-bond acceptors (Lipinski definition) is 5. The Labute approximate surface area is 164 Å². The number of aryl methyl sites for hydroxylation is 1. The number of thiophene rings is 1. The highest BCUT2D eigenvalue weighted by molar-refractivity contribution is 7.15. The number of aromatic nitrogens is 2. The predicted octanol–water partition coefficient (Wildman–Crippen LogP) is 4.17. The van der Waals surface area contributed by atoms with Crippen LogP contribution in [-0.4, -0.2) is 20.4 Å². The van der Waals surface area contributed by atoms with E-state index in [1.54, 1.807) is 6.20 Å². The van der Waals surface area contributed by atoms with Crippen LogP contribution in [0.5, 0.6) is 0 Å². The van der Waals surface area contributed by atoms with E-state index >= 15 is 0 Å². The van der Waals surface area contributed by atoms with Crippen LogP contribution in [0.4, 0.5) is 4.39 Å². The highest BCUT2D eigenvalue weighted by atomic mass is 32.1. The lowest BCUT2D eigenvalue weighted by atomic mass is 9.97. The molecule has 7 heteroatoms. The summed E-state index contributed by atoms with van der Waals surface area (Å²) in [6, 6.07) is 3.30. The second kappa shape index (κ2) is 6.32. The van der Waals surface area contributed by atoms with Crippen molar-refractivity contribution >= 4 is 28.2 Å². The third-order valence-corrected chi connectivity index (χ3v) is 6.86. The van der Waals surface area contributed by atoms with Crippen molar-refractivity contribution in [3.8, 4) is 10.6 Å². The van der Waals surface area contributed by atoms with E-state index in [9.17, 15) is 19.1 Å². The number of aliphatic hydroxyl groups is 1. The molecular weight excluding hydrogens is 379 g/mol. The molecule has 3 aromatic rings. The third-order valence-electron chi connectivity index (χ3n) is 5.58. The van der Waals surface area contributed by atoms with Crippen molar-refractivity contribution in [3.05, 3.63) is 50.4 Å². The topological polar surface area (TPSA) is 72.2 Å². The molecule has 5 nitrogen and oxygen atoms in total. The zero-order valence-corrected chi connectivity index (χ0v) is 16.2. The molecule has 3 aromatic heterocycles. The fraction of sp³-hybridized carbons (Fsp3) is 0.381.